The van der Waals surface area contributed by atoms with E-state index in [4.69, 9.17) is 28.4 Å². The van der Waals surface area contributed by atoms with Crippen LogP contribution >= 0.6 is 0 Å². The summed E-state index contributed by atoms with van der Waals surface area (Å²) in [4.78, 5) is 63.4. The number of ether oxygens (including phenoxy) is 6. The number of anilines is 1. The van der Waals surface area contributed by atoms with Crippen molar-refractivity contribution in [2.75, 3.05) is 84.6 Å². The highest BCUT2D eigenvalue weighted by atomic mass is 16.6. The largest absolute Gasteiger partial charge is 0.379 e. The molecule has 1 saturated heterocycles. The molecular formula is C36H55N3O11. The molecule has 14 nitrogen and oxygen atoms in total. The van der Waals surface area contributed by atoms with E-state index in [-0.39, 0.29) is 42.0 Å². The Labute approximate surface area is 295 Å². The second-order valence-electron chi connectivity index (χ2n) is 12.1. The van der Waals surface area contributed by atoms with Crippen molar-refractivity contribution in [1.82, 2.24) is 10.2 Å². The fourth-order valence-corrected chi connectivity index (χ4v) is 5.51. The van der Waals surface area contributed by atoms with E-state index in [1.807, 2.05) is 0 Å². The highest BCUT2D eigenvalue weighted by molar-refractivity contribution is 6.26. The lowest BCUT2D eigenvalue weighted by atomic mass is 10.0. The van der Waals surface area contributed by atoms with Crippen LogP contribution < -0.4 is 10.6 Å². The molecule has 2 heterocycles. The standard InChI is InChI=1S/C36H55N3O11/c1-2-3-4-5-8-16-45-18-20-47-22-24-49-26-27-50-25-23-48-21-19-46-17-9-6-7-13-31(40)37-29-12-10-11-28-33(29)36(44)39(35(28)43)30-14-15-32(41)38-34(30)42/h10-12,30H,2-9,13-27H2,1H3,(H,37,40)(H,38,41,42). The van der Waals surface area contributed by atoms with E-state index < -0.39 is 29.7 Å². The number of carbonyl (C=O) groups excluding carboxylic acids is 5. The molecule has 1 atom stereocenters. The summed E-state index contributed by atoms with van der Waals surface area (Å²) >= 11 is 0. The molecule has 0 spiro atoms. The number of hydrogen-bond acceptors (Lipinski definition) is 11. The van der Waals surface area contributed by atoms with Crippen LogP contribution in [-0.4, -0.2) is 120 Å². The fraction of sp³-hybridized carbons (Fsp3) is 0.694. The van der Waals surface area contributed by atoms with Crippen LogP contribution in [0.3, 0.4) is 0 Å². The molecule has 0 bridgehead atoms. The van der Waals surface area contributed by atoms with Crippen molar-refractivity contribution in [3.8, 4) is 0 Å². The second-order valence-corrected chi connectivity index (χ2v) is 12.1. The number of imide groups is 2. The van der Waals surface area contributed by atoms with Gasteiger partial charge in [0.15, 0.2) is 0 Å². The summed E-state index contributed by atoms with van der Waals surface area (Å²) in [7, 11) is 0. The first-order valence-electron chi connectivity index (χ1n) is 18.0. The zero-order chi connectivity index (χ0) is 35.8. The Morgan fingerprint density at radius 1 is 0.700 bits per heavy atom. The first kappa shape index (κ1) is 41.2. The molecule has 2 aliphatic rings. The Bertz CT molecular complexity index is 1210. The van der Waals surface area contributed by atoms with Crippen LogP contribution in [0, 0.1) is 0 Å². The number of nitrogens with one attached hydrogen (secondary N) is 2. The van der Waals surface area contributed by atoms with Gasteiger partial charge in [0.1, 0.15) is 6.04 Å². The van der Waals surface area contributed by atoms with Crippen molar-refractivity contribution < 1.29 is 52.4 Å². The number of rotatable bonds is 29. The van der Waals surface area contributed by atoms with Crippen molar-refractivity contribution in [2.24, 2.45) is 0 Å². The average Bonchev–Trinajstić information content (AvgIpc) is 3.35. The van der Waals surface area contributed by atoms with E-state index in [1.165, 1.54) is 31.7 Å². The molecule has 14 heteroatoms. The molecule has 0 aromatic heterocycles. The Morgan fingerprint density at radius 3 is 1.76 bits per heavy atom. The molecule has 50 heavy (non-hydrogen) atoms. The monoisotopic (exact) mass is 705 g/mol. The van der Waals surface area contributed by atoms with Crippen molar-refractivity contribution in [1.29, 1.82) is 0 Å². The molecule has 2 N–H and O–H groups in total. The lowest BCUT2D eigenvalue weighted by Crippen LogP contribution is -2.54. The lowest BCUT2D eigenvalue weighted by Gasteiger charge is -2.27. The maximum atomic E-state index is 13.2. The van der Waals surface area contributed by atoms with Crippen molar-refractivity contribution >= 4 is 35.2 Å². The van der Waals surface area contributed by atoms with Crippen LogP contribution in [-0.2, 0) is 42.8 Å². The minimum absolute atomic E-state index is 0.0345. The first-order chi connectivity index (χ1) is 24.4. The third-order valence-electron chi connectivity index (χ3n) is 8.19. The molecule has 0 saturated carbocycles. The first-order valence-corrected chi connectivity index (χ1v) is 18.0. The number of amides is 5. The Balaban J connectivity index is 1.10. The van der Waals surface area contributed by atoms with Crippen LogP contribution in [0.1, 0.15) is 98.3 Å². The Morgan fingerprint density at radius 2 is 1.22 bits per heavy atom. The van der Waals surface area contributed by atoms with E-state index >= 15 is 0 Å². The van der Waals surface area contributed by atoms with Crippen molar-refractivity contribution in [3.05, 3.63) is 29.3 Å². The highest BCUT2D eigenvalue weighted by Crippen LogP contribution is 2.32. The van der Waals surface area contributed by atoms with Gasteiger partial charge in [0.25, 0.3) is 11.8 Å². The van der Waals surface area contributed by atoms with Gasteiger partial charge in [0.2, 0.25) is 17.7 Å². The van der Waals surface area contributed by atoms with Gasteiger partial charge >= 0.3 is 0 Å². The normalized spacial score (nSPS) is 15.9. The number of carbonyl (C=O) groups is 5. The Hall–Kier alpha value is -3.27. The van der Waals surface area contributed by atoms with Crippen LogP contribution in [0.5, 0.6) is 0 Å². The summed E-state index contributed by atoms with van der Waals surface area (Å²) < 4.78 is 33.1. The molecule has 1 aromatic rings. The maximum absolute atomic E-state index is 13.2. The zero-order valence-electron chi connectivity index (χ0n) is 29.5. The minimum atomic E-state index is -1.07. The molecule has 1 fully saturated rings. The molecule has 0 aliphatic carbocycles. The van der Waals surface area contributed by atoms with E-state index in [0.29, 0.717) is 79.1 Å². The van der Waals surface area contributed by atoms with Gasteiger partial charge in [-0.05, 0) is 37.8 Å². The number of unbranched alkanes of at least 4 members (excludes halogenated alkanes) is 6. The van der Waals surface area contributed by atoms with Crippen LogP contribution in [0.2, 0.25) is 0 Å². The van der Waals surface area contributed by atoms with Gasteiger partial charge in [-0.25, -0.2) is 0 Å². The molecular weight excluding hydrogens is 650 g/mol. The minimum Gasteiger partial charge on any atom is -0.379 e. The quantitative estimate of drug-likeness (QED) is 0.0922. The molecule has 1 unspecified atom stereocenters. The fourth-order valence-electron chi connectivity index (χ4n) is 5.51. The summed E-state index contributed by atoms with van der Waals surface area (Å²) in [5.74, 6) is -2.68. The lowest BCUT2D eigenvalue weighted by molar-refractivity contribution is -0.136. The van der Waals surface area contributed by atoms with Gasteiger partial charge in [-0.2, -0.15) is 0 Å². The molecule has 5 amide bonds. The summed E-state index contributed by atoms with van der Waals surface area (Å²) in [5, 5.41) is 4.91. The summed E-state index contributed by atoms with van der Waals surface area (Å²) in [6.45, 7) is 8.71. The van der Waals surface area contributed by atoms with E-state index in [1.54, 1.807) is 12.1 Å². The van der Waals surface area contributed by atoms with E-state index in [0.717, 1.165) is 30.8 Å². The van der Waals surface area contributed by atoms with Gasteiger partial charge in [0.05, 0.1) is 82.9 Å². The smallest absolute Gasteiger partial charge is 0.264 e. The topological polar surface area (TPSA) is 168 Å². The van der Waals surface area contributed by atoms with Crippen molar-refractivity contribution in [2.45, 2.75) is 83.6 Å². The van der Waals surface area contributed by atoms with Crippen LogP contribution in [0.4, 0.5) is 5.69 Å². The number of nitrogens with zero attached hydrogens (tertiary/aromatic N) is 1. The molecule has 3 rings (SSSR count). The number of fused-ring (bicyclic) bond motifs is 1. The van der Waals surface area contributed by atoms with E-state index in [2.05, 4.69) is 17.6 Å². The predicted octanol–water partition coefficient (Wildman–Crippen LogP) is 3.66. The highest BCUT2D eigenvalue weighted by Gasteiger charge is 2.45. The molecule has 0 radical (unpaired) electrons. The average molecular weight is 706 g/mol. The number of hydrogen-bond donors (Lipinski definition) is 2. The van der Waals surface area contributed by atoms with Gasteiger partial charge in [0, 0.05) is 26.1 Å². The van der Waals surface area contributed by atoms with Gasteiger partial charge in [-0.1, -0.05) is 45.1 Å². The summed E-state index contributed by atoms with van der Waals surface area (Å²) in [6.07, 6.45) is 8.70. The zero-order valence-corrected chi connectivity index (χ0v) is 29.5. The van der Waals surface area contributed by atoms with Gasteiger partial charge in [-0.15, -0.1) is 0 Å². The third kappa shape index (κ3) is 14.9. The third-order valence-corrected chi connectivity index (χ3v) is 8.19. The Kier molecular flexibility index (Phi) is 20.4. The summed E-state index contributed by atoms with van der Waals surface area (Å²) in [5.41, 5.74) is 0.404. The van der Waals surface area contributed by atoms with Crippen molar-refractivity contribution in [3.63, 3.8) is 0 Å². The predicted molar refractivity (Wildman–Crippen MR) is 184 cm³/mol. The second kappa shape index (κ2) is 24.8. The molecule has 280 valence electrons. The number of piperidine rings is 1. The molecule has 1 aromatic carbocycles. The number of benzene rings is 1. The van der Waals surface area contributed by atoms with Crippen LogP contribution in [0.15, 0.2) is 18.2 Å². The maximum Gasteiger partial charge on any atom is 0.264 e. The SMILES string of the molecule is CCCCCCCOCCOCCOCCOCCOCCOCCCCCC(=O)Nc1cccc2c1C(=O)N(C1CCC(=O)NC1=O)C2=O. The molecule has 2 aliphatic heterocycles. The van der Waals surface area contributed by atoms with Gasteiger partial charge < -0.3 is 33.7 Å². The van der Waals surface area contributed by atoms with Crippen LogP contribution in [0.25, 0.3) is 0 Å². The summed E-state index contributed by atoms with van der Waals surface area (Å²) in [6, 6.07) is 3.55. The van der Waals surface area contributed by atoms with E-state index in [9.17, 15) is 24.0 Å². The van der Waals surface area contributed by atoms with Gasteiger partial charge in [-0.3, -0.25) is 34.2 Å².